The predicted molar refractivity (Wildman–Crippen MR) is 116 cm³/mol. The Balaban J connectivity index is 2.01. The van der Waals surface area contributed by atoms with Crippen LogP contribution in [-0.2, 0) is 4.57 Å². The van der Waals surface area contributed by atoms with Gasteiger partial charge in [0.05, 0.1) is 11.7 Å². The van der Waals surface area contributed by atoms with Crippen LogP contribution in [0.15, 0.2) is 42.5 Å². The molecule has 1 fully saturated rings. The number of phenols is 1. The van der Waals surface area contributed by atoms with E-state index in [0.717, 1.165) is 6.07 Å². The standard InChI is InChI=1S/C21H23ClNO7P/c1-23-9-8-14(20(26)12-23)15-10-16(21(11-19(15)25)30-31(27,28)29)18(24)7-6-13-4-2-3-5-17(13)22/h2-7,10-11,14,20,25-26H,8-9,12H2,1H3,(H2,27,28,29)/t14?,20-/m1/s1. The fourth-order valence-electron chi connectivity index (χ4n) is 3.60. The Bertz CT molecular complexity index is 1050. The van der Waals surface area contributed by atoms with E-state index in [4.69, 9.17) is 11.6 Å². The number of nitrogens with zero attached hydrogens (tertiary/aromatic N) is 1. The number of likely N-dealkylation sites (N-methyl/N-ethyl adjacent to an activating group) is 1. The van der Waals surface area contributed by atoms with Gasteiger partial charge in [-0.05, 0) is 49.9 Å². The summed E-state index contributed by atoms with van der Waals surface area (Å²) in [6.07, 6.45) is 2.44. The number of likely N-dealkylation sites (tertiary alicyclic amines) is 1. The zero-order chi connectivity index (χ0) is 22.8. The SMILES string of the molecule is CN1CCC(c2cc(C(=O)C=Cc3ccccc3Cl)c(OP(=O)(O)O)cc2O)[C@H](O)C1. The van der Waals surface area contributed by atoms with Gasteiger partial charge in [-0.25, -0.2) is 4.57 Å². The fourth-order valence-corrected chi connectivity index (χ4v) is 4.20. The van der Waals surface area contributed by atoms with Gasteiger partial charge >= 0.3 is 7.82 Å². The number of carbonyl (C=O) groups excluding carboxylic acids is 1. The van der Waals surface area contributed by atoms with Crippen molar-refractivity contribution in [2.75, 3.05) is 20.1 Å². The van der Waals surface area contributed by atoms with Crippen LogP contribution in [0.4, 0.5) is 0 Å². The van der Waals surface area contributed by atoms with Crippen LogP contribution in [-0.4, -0.2) is 56.9 Å². The molecule has 0 amide bonds. The summed E-state index contributed by atoms with van der Waals surface area (Å²) >= 11 is 6.09. The van der Waals surface area contributed by atoms with Gasteiger partial charge in [-0.15, -0.1) is 0 Å². The monoisotopic (exact) mass is 467 g/mol. The predicted octanol–water partition coefficient (Wildman–Crippen LogP) is 3.19. The Morgan fingerprint density at radius 1 is 1.29 bits per heavy atom. The van der Waals surface area contributed by atoms with E-state index in [1.54, 1.807) is 24.3 Å². The maximum absolute atomic E-state index is 12.9. The molecule has 0 aromatic heterocycles. The second kappa shape index (κ2) is 9.53. The molecule has 4 N–H and O–H groups in total. The summed E-state index contributed by atoms with van der Waals surface area (Å²) in [5.41, 5.74) is 0.749. The molecule has 2 atom stereocenters. The molecule has 10 heteroatoms. The van der Waals surface area contributed by atoms with Crippen molar-refractivity contribution in [3.05, 3.63) is 64.2 Å². The van der Waals surface area contributed by atoms with E-state index < -0.39 is 31.4 Å². The lowest BCUT2D eigenvalue weighted by Gasteiger charge is -2.34. The third kappa shape index (κ3) is 5.95. The van der Waals surface area contributed by atoms with Gasteiger partial charge in [0, 0.05) is 29.1 Å². The van der Waals surface area contributed by atoms with E-state index in [1.807, 2.05) is 11.9 Å². The number of aliphatic hydroxyl groups is 1. The summed E-state index contributed by atoms with van der Waals surface area (Å²) in [6.45, 7) is 1.07. The van der Waals surface area contributed by atoms with Crippen molar-refractivity contribution >= 4 is 31.3 Å². The van der Waals surface area contributed by atoms with Gasteiger partial charge in [0.2, 0.25) is 0 Å². The first-order valence-corrected chi connectivity index (χ1v) is 11.4. The van der Waals surface area contributed by atoms with Crippen LogP contribution >= 0.6 is 19.4 Å². The van der Waals surface area contributed by atoms with Gasteiger partial charge in [-0.2, -0.15) is 0 Å². The lowest BCUT2D eigenvalue weighted by Crippen LogP contribution is -2.40. The van der Waals surface area contributed by atoms with Gasteiger partial charge in [0.1, 0.15) is 11.5 Å². The highest BCUT2D eigenvalue weighted by molar-refractivity contribution is 7.46. The molecular weight excluding hydrogens is 445 g/mol. The highest BCUT2D eigenvalue weighted by Gasteiger charge is 2.31. The van der Waals surface area contributed by atoms with E-state index >= 15 is 0 Å². The van der Waals surface area contributed by atoms with Crippen LogP contribution in [0, 0.1) is 0 Å². The number of aromatic hydroxyl groups is 1. The zero-order valence-corrected chi connectivity index (χ0v) is 18.3. The van der Waals surface area contributed by atoms with Crippen molar-refractivity contribution in [3.8, 4) is 11.5 Å². The number of piperidine rings is 1. The average Bonchev–Trinajstić information content (AvgIpc) is 2.67. The molecule has 3 rings (SSSR count). The number of hydrogen-bond donors (Lipinski definition) is 4. The number of β-amino-alcohol motifs (C(OH)–C–C–N with tert-alkyl or cyclic N) is 1. The molecule has 0 aliphatic carbocycles. The van der Waals surface area contributed by atoms with Crippen molar-refractivity contribution < 1.29 is 33.9 Å². The summed E-state index contributed by atoms with van der Waals surface area (Å²) in [5.74, 6) is -1.82. The van der Waals surface area contributed by atoms with Crippen LogP contribution in [0.2, 0.25) is 5.02 Å². The second-order valence-electron chi connectivity index (χ2n) is 7.43. The normalized spacial score (nSPS) is 20.2. The number of aliphatic hydroxyl groups excluding tert-OH is 1. The van der Waals surface area contributed by atoms with Crippen LogP contribution in [0.1, 0.15) is 33.8 Å². The molecular formula is C21H23ClNO7P. The van der Waals surface area contributed by atoms with Gasteiger partial charge in [0.15, 0.2) is 5.78 Å². The number of rotatable bonds is 6. The van der Waals surface area contributed by atoms with E-state index in [2.05, 4.69) is 4.52 Å². The third-order valence-corrected chi connectivity index (χ3v) is 5.89. The zero-order valence-electron chi connectivity index (χ0n) is 16.7. The van der Waals surface area contributed by atoms with E-state index in [1.165, 1.54) is 18.2 Å². The Hall–Kier alpha value is -2.19. The maximum atomic E-state index is 12.9. The van der Waals surface area contributed by atoms with Crippen LogP contribution < -0.4 is 4.52 Å². The number of hydrogen-bond acceptors (Lipinski definition) is 6. The molecule has 1 saturated heterocycles. The van der Waals surface area contributed by atoms with Crippen LogP contribution in [0.5, 0.6) is 11.5 Å². The van der Waals surface area contributed by atoms with Crippen molar-refractivity contribution in [1.82, 2.24) is 4.90 Å². The molecule has 0 radical (unpaired) electrons. The molecule has 2 aromatic rings. The number of allylic oxidation sites excluding steroid dienone is 1. The minimum absolute atomic E-state index is 0.148. The number of halogens is 1. The molecule has 8 nitrogen and oxygen atoms in total. The number of phenolic OH excluding ortho intramolecular Hbond substituents is 1. The Morgan fingerprint density at radius 3 is 2.65 bits per heavy atom. The molecule has 2 aromatic carbocycles. The largest absolute Gasteiger partial charge is 0.524 e. The number of carbonyl (C=O) groups is 1. The first kappa shape index (κ1) is 23.5. The molecule has 0 spiro atoms. The maximum Gasteiger partial charge on any atom is 0.524 e. The molecule has 0 bridgehead atoms. The highest BCUT2D eigenvalue weighted by atomic mass is 35.5. The highest BCUT2D eigenvalue weighted by Crippen LogP contribution is 2.44. The second-order valence-corrected chi connectivity index (χ2v) is 9.00. The molecule has 166 valence electrons. The van der Waals surface area contributed by atoms with E-state index in [9.17, 15) is 29.4 Å². The Morgan fingerprint density at radius 2 is 2.00 bits per heavy atom. The smallest absolute Gasteiger partial charge is 0.508 e. The van der Waals surface area contributed by atoms with Crippen molar-refractivity contribution in [3.63, 3.8) is 0 Å². The number of phosphoric ester groups is 1. The van der Waals surface area contributed by atoms with Gasteiger partial charge in [0.25, 0.3) is 0 Å². The molecule has 1 unspecified atom stereocenters. The summed E-state index contributed by atoms with van der Waals surface area (Å²) in [6, 6.07) is 9.17. The summed E-state index contributed by atoms with van der Waals surface area (Å²) < 4.78 is 16.0. The van der Waals surface area contributed by atoms with Crippen LogP contribution in [0.3, 0.4) is 0 Å². The van der Waals surface area contributed by atoms with E-state index in [-0.39, 0.29) is 11.3 Å². The molecule has 1 heterocycles. The average molecular weight is 468 g/mol. The quantitative estimate of drug-likeness (QED) is 0.290. The minimum atomic E-state index is -4.99. The first-order chi connectivity index (χ1) is 14.5. The Kier molecular flexibility index (Phi) is 7.21. The molecule has 1 aliphatic rings. The molecule has 31 heavy (non-hydrogen) atoms. The van der Waals surface area contributed by atoms with Gasteiger partial charge in [-0.3, -0.25) is 14.6 Å². The summed E-state index contributed by atoms with van der Waals surface area (Å²) in [5, 5.41) is 21.4. The summed E-state index contributed by atoms with van der Waals surface area (Å²) in [4.78, 5) is 33.3. The number of benzene rings is 2. The van der Waals surface area contributed by atoms with E-state index in [0.29, 0.717) is 35.7 Å². The minimum Gasteiger partial charge on any atom is -0.508 e. The Labute approximate surface area is 184 Å². The van der Waals surface area contributed by atoms with Crippen molar-refractivity contribution in [1.29, 1.82) is 0 Å². The third-order valence-electron chi connectivity index (χ3n) is 5.12. The fraction of sp³-hybridized carbons (Fsp3) is 0.286. The van der Waals surface area contributed by atoms with Gasteiger partial charge < -0.3 is 19.6 Å². The van der Waals surface area contributed by atoms with Crippen molar-refractivity contribution in [2.45, 2.75) is 18.4 Å². The first-order valence-electron chi connectivity index (χ1n) is 9.51. The topological polar surface area (TPSA) is 128 Å². The summed E-state index contributed by atoms with van der Waals surface area (Å²) in [7, 11) is -3.13. The van der Waals surface area contributed by atoms with Crippen molar-refractivity contribution in [2.24, 2.45) is 0 Å². The van der Waals surface area contributed by atoms with Gasteiger partial charge in [-0.1, -0.05) is 29.8 Å². The lowest BCUT2D eigenvalue weighted by molar-refractivity contribution is 0.0628. The lowest BCUT2D eigenvalue weighted by atomic mass is 9.85. The molecule has 1 aliphatic heterocycles. The number of phosphoric acid groups is 1. The van der Waals surface area contributed by atoms with Crippen LogP contribution in [0.25, 0.3) is 6.08 Å². The number of ketones is 1. The molecule has 0 saturated carbocycles.